The van der Waals surface area contributed by atoms with E-state index in [0.29, 0.717) is 12.1 Å². The number of carbonyl (C=O) groups excluding carboxylic acids is 1. The first kappa shape index (κ1) is 18.3. The number of aromatic nitrogens is 1. The van der Waals surface area contributed by atoms with Crippen LogP contribution < -0.4 is 16.0 Å². The summed E-state index contributed by atoms with van der Waals surface area (Å²) >= 11 is 0. The number of hydrogen-bond donors (Lipinski definition) is 2. The van der Waals surface area contributed by atoms with Crippen molar-refractivity contribution in [3.63, 3.8) is 0 Å². The van der Waals surface area contributed by atoms with Crippen molar-refractivity contribution in [1.29, 1.82) is 0 Å². The fraction of sp³-hybridized carbons (Fsp3) is 0.333. The number of fused-ring (bicyclic) bond motifs is 1. The van der Waals surface area contributed by atoms with Crippen LogP contribution in [0.4, 0.5) is 18.9 Å². The Morgan fingerprint density at radius 1 is 1.27 bits per heavy atom. The monoisotopic (exact) mass is 364 g/mol. The maximum Gasteiger partial charge on any atom is 0.433 e. The molecule has 5 nitrogen and oxygen atoms in total. The van der Waals surface area contributed by atoms with Crippen LogP contribution in [0.3, 0.4) is 0 Å². The van der Waals surface area contributed by atoms with Crippen molar-refractivity contribution < 1.29 is 18.0 Å². The Bertz CT molecular complexity index is 809. The van der Waals surface area contributed by atoms with Crippen LogP contribution in [0.5, 0.6) is 0 Å². The summed E-state index contributed by atoms with van der Waals surface area (Å²) in [5, 5.41) is 2.93. The Morgan fingerprint density at radius 2 is 2.00 bits per heavy atom. The minimum Gasteiger partial charge on any atom is -0.318 e. The highest BCUT2D eigenvalue weighted by Gasteiger charge is 2.37. The molecule has 0 aliphatic carbocycles. The number of anilines is 1. The Kier molecular flexibility index (Phi) is 4.97. The summed E-state index contributed by atoms with van der Waals surface area (Å²) in [6.07, 6.45) is -4.06. The van der Waals surface area contributed by atoms with Gasteiger partial charge in [-0.2, -0.15) is 13.2 Å². The Hall–Kier alpha value is -2.45. The summed E-state index contributed by atoms with van der Waals surface area (Å²) < 4.78 is 39.0. The molecule has 0 saturated carbocycles. The van der Waals surface area contributed by atoms with Gasteiger partial charge in [-0.05, 0) is 37.1 Å². The molecule has 1 aromatic heterocycles. The zero-order chi connectivity index (χ0) is 18.9. The highest BCUT2D eigenvalue weighted by Crippen LogP contribution is 2.35. The molecule has 2 heterocycles. The fourth-order valence-corrected chi connectivity index (χ4v) is 3.19. The first-order valence-corrected chi connectivity index (χ1v) is 8.21. The maximum absolute atomic E-state index is 13.0. The van der Waals surface area contributed by atoms with Gasteiger partial charge in [0, 0.05) is 12.4 Å². The van der Waals surface area contributed by atoms with Gasteiger partial charge < -0.3 is 10.6 Å². The van der Waals surface area contributed by atoms with Gasteiger partial charge in [0.2, 0.25) is 5.91 Å². The second-order valence-corrected chi connectivity index (χ2v) is 6.12. The molecule has 138 valence electrons. The van der Waals surface area contributed by atoms with E-state index in [1.54, 1.807) is 19.1 Å². The molecule has 2 aromatic rings. The summed E-state index contributed by atoms with van der Waals surface area (Å²) in [5.74, 6) is -0.235. The first-order chi connectivity index (χ1) is 12.3. The molecule has 1 amide bonds. The summed E-state index contributed by atoms with van der Waals surface area (Å²) in [6.45, 7) is 1.80. The van der Waals surface area contributed by atoms with Gasteiger partial charge in [0.25, 0.3) is 0 Å². The third-order valence-electron chi connectivity index (χ3n) is 4.45. The molecule has 26 heavy (non-hydrogen) atoms. The van der Waals surface area contributed by atoms with Gasteiger partial charge in [-0.3, -0.25) is 10.1 Å². The largest absolute Gasteiger partial charge is 0.433 e. The minimum absolute atomic E-state index is 0.128. The Morgan fingerprint density at radius 3 is 2.69 bits per heavy atom. The predicted molar refractivity (Wildman–Crippen MR) is 91.3 cm³/mol. The van der Waals surface area contributed by atoms with Gasteiger partial charge in [0.15, 0.2) is 0 Å². The van der Waals surface area contributed by atoms with E-state index >= 15 is 0 Å². The number of rotatable bonds is 4. The first-order valence-electron chi connectivity index (χ1n) is 8.21. The van der Waals surface area contributed by atoms with Gasteiger partial charge >= 0.3 is 6.18 Å². The van der Waals surface area contributed by atoms with Gasteiger partial charge in [-0.15, -0.1) is 0 Å². The lowest BCUT2D eigenvalue weighted by molar-refractivity contribution is -0.141. The smallest absolute Gasteiger partial charge is 0.318 e. The molecule has 3 N–H and O–H groups in total. The van der Waals surface area contributed by atoms with Crippen LogP contribution in [-0.2, 0) is 17.4 Å². The number of nitrogens with zero attached hydrogens (tertiary/aromatic N) is 2. The molecule has 8 heteroatoms. The lowest BCUT2D eigenvalue weighted by atomic mass is 9.95. The van der Waals surface area contributed by atoms with Crippen LogP contribution in [0.2, 0.25) is 0 Å². The summed E-state index contributed by atoms with van der Waals surface area (Å²) in [6, 6.07) is 9.87. The number of benzene rings is 1. The van der Waals surface area contributed by atoms with Crippen LogP contribution in [0, 0.1) is 0 Å². The number of alkyl halides is 3. The molecule has 3 rings (SSSR count). The van der Waals surface area contributed by atoms with Crippen LogP contribution in [0.1, 0.15) is 29.9 Å². The lowest BCUT2D eigenvalue weighted by Crippen LogP contribution is -2.53. The Labute approximate surface area is 149 Å². The quantitative estimate of drug-likeness (QED) is 0.819. The van der Waals surface area contributed by atoms with E-state index in [2.05, 4.69) is 10.3 Å². The van der Waals surface area contributed by atoms with Crippen LogP contribution in [0.15, 0.2) is 42.5 Å². The minimum atomic E-state index is -4.54. The van der Waals surface area contributed by atoms with Crippen molar-refractivity contribution in [2.75, 3.05) is 11.6 Å². The molecular formula is C18H19F3N4O. The van der Waals surface area contributed by atoms with Crippen molar-refractivity contribution in [2.24, 2.45) is 5.73 Å². The fourth-order valence-electron chi connectivity index (χ4n) is 3.19. The van der Waals surface area contributed by atoms with Crippen molar-refractivity contribution >= 4 is 11.6 Å². The van der Waals surface area contributed by atoms with E-state index in [9.17, 15) is 18.0 Å². The van der Waals surface area contributed by atoms with E-state index in [1.807, 2.05) is 12.1 Å². The number of nitrogens with two attached hydrogens (primary N) is 1. The van der Waals surface area contributed by atoms with Gasteiger partial charge in [-0.1, -0.05) is 24.3 Å². The number of para-hydroxylation sites is 1. The molecule has 0 bridgehead atoms. The second kappa shape index (κ2) is 7.05. The van der Waals surface area contributed by atoms with Crippen LogP contribution in [-0.4, -0.2) is 23.6 Å². The number of pyridine rings is 1. The van der Waals surface area contributed by atoms with E-state index in [-0.39, 0.29) is 18.3 Å². The van der Waals surface area contributed by atoms with Gasteiger partial charge in [0.05, 0.1) is 17.8 Å². The predicted octanol–water partition coefficient (Wildman–Crippen LogP) is 2.63. The average molecular weight is 364 g/mol. The van der Waals surface area contributed by atoms with Crippen molar-refractivity contribution in [3.05, 3.63) is 59.4 Å². The molecular weight excluding hydrogens is 345 g/mol. The number of carbonyl (C=O) groups is 1. The lowest BCUT2D eigenvalue weighted by Gasteiger charge is -2.38. The number of amides is 1. The molecule has 0 spiro atoms. The molecule has 0 saturated heterocycles. The van der Waals surface area contributed by atoms with Crippen molar-refractivity contribution in [1.82, 2.24) is 10.3 Å². The second-order valence-electron chi connectivity index (χ2n) is 6.12. The number of hydrogen-bond acceptors (Lipinski definition) is 4. The number of nitrogens with one attached hydrogen (secondary N) is 1. The summed E-state index contributed by atoms with van der Waals surface area (Å²) in [7, 11) is 0. The van der Waals surface area contributed by atoms with E-state index in [4.69, 9.17) is 5.73 Å². The maximum atomic E-state index is 13.0. The van der Waals surface area contributed by atoms with Crippen molar-refractivity contribution in [2.45, 2.75) is 31.6 Å². The highest BCUT2D eigenvalue weighted by atomic mass is 19.4. The van der Waals surface area contributed by atoms with Crippen molar-refractivity contribution in [3.8, 4) is 0 Å². The third kappa shape index (κ3) is 3.42. The molecule has 0 unspecified atom stereocenters. The standard InChI is InChI=1S/C18H19F3N4O/c1-11(13-6-4-8-16(24-13)18(19,20)21)25-15-7-3-2-5-12(15)9-14(17(25)26)23-10-22/h2-8,11,14,23H,9-10,22H2,1H3/t11-,14+/m0/s1. The van der Waals surface area contributed by atoms with Gasteiger partial charge in [-0.25, -0.2) is 4.98 Å². The molecule has 0 fully saturated rings. The van der Waals surface area contributed by atoms with E-state index in [1.165, 1.54) is 17.0 Å². The molecule has 1 aliphatic heterocycles. The number of halogens is 3. The summed E-state index contributed by atoms with van der Waals surface area (Å²) in [5.41, 5.74) is 6.33. The summed E-state index contributed by atoms with van der Waals surface area (Å²) in [4.78, 5) is 18.2. The van der Waals surface area contributed by atoms with E-state index < -0.39 is 24.0 Å². The normalized spacial score (nSPS) is 18.6. The zero-order valence-electron chi connectivity index (χ0n) is 14.1. The molecule has 2 atom stereocenters. The molecule has 1 aromatic carbocycles. The average Bonchev–Trinajstić information content (AvgIpc) is 2.61. The van der Waals surface area contributed by atoms with E-state index in [0.717, 1.165) is 11.6 Å². The highest BCUT2D eigenvalue weighted by molar-refractivity contribution is 6.00. The topological polar surface area (TPSA) is 71.2 Å². The van der Waals surface area contributed by atoms with Crippen LogP contribution in [0.25, 0.3) is 0 Å². The SMILES string of the molecule is C[C@@H](c1cccc(C(F)(F)F)n1)N1C(=O)[C@H](NCN)Cc2ccccc21. The third-order valence-corrected chi connectivity index (χ3v) is 4.45. The Balaban J connectivity index is 2.02. The zero-order valence-corrected chi connectivity index (χ0v) is 14.1. The molecule has 1 aliphatic rings. The van der Waals surface area contributed by atoms with Gasteiger partial charge in [0.1, 0.15) is 5.69 Å². The molecule has 0 radical (unpaired) electrons. The van der Waals surface area contributed by atoms with Crippen LogP contribution >= 0.6 is 0 Å².